The van der Waals surface area contributed by atoms with Crippen molar-refractivity contribution in [2.24, 2.45) is 0 Å². The molecule has 28 heavy (non-hydrogen) atoms. The third-order valence-corrected chi connectivity index (χ3v) is 7.32. The predicted octanol–water partition coefficient (Wildman–Crippen LogP) is 4.22. The molecule has 0 aliphatic carbocycles. The van der Waals surface area contributed by atoms with E-state index >= 15 is 0 Å². The van der Waals surface area contributed by atoms with Crippen molar-refractivity contribution in [2.45, 2.75) is 50.5 Å². The fourth-order valence-electron chi connectivity index (χ4n) is 3.68. The molecule has 150 valence electrons. The highest BCUT2D eigenvalue weighted by Crippen LogP contribution is 2.25. The highest BCUT2D eigenvalue weighted by atomic mass is 32.2. The molecule has 2 aromatic carbocycles. The molecule has 1 aliphatic rings. The lowest BCUT2D eigenvalue weighted by Crippen LogP contribution is -2.43. The zero-order chi connectivity index (χ0) is 20.3. The average molecular weight is 401 g/mol. The van der Waals surface area contributed by atoms with Crippen LogP contribution in [0.25, 0.3) is 0 Å². The molecule has 1 heterocycles. The standard InChI is InChI=1S/C22H28N2O3S/c1-4-19-7-5-6-16-24(19)22(25)18-10-12-20(13-11-18)23(3)28(26,27)21-14-8-17(2)9-15-21/h8-15,19H,4-7,16H2,1-3H3. The van der Waals surface area contributed by atoms with Gasteiger partial charge in [0.05, 0.1) is 10.6 Å². The molecule has 1 saturated heterocycles. The fourth-order valence-corrected chi connectivity index (χ4v) is 4.87. The van der Waals surface area contributed by atoms with Gasteiger partial charge >= 0.3 is 0 Å². The van der Waals surface area contributed by atoms with Crippen LogP contribution in [0.3, 0.4) is 0 Å². The first-order chi connectivity index (χ1) is 13.3. The smallest absolute Gasteiger partial charge is 0.264 e. The summed E-state index contributed by atoms with van der Waals surface area (Å²) in [6, 6.07) is 13.9. The Hall–Kier alpha value is -2.34. The van der Waals surface area contributed by atoms with Gasteiger partial charge in [-0.2, -0.15) is 0 Å². The Bertz CT molecular complexity index is 921. The summed E-state index contributed by atoms with van der Waals surface area (Å²) in [5, 5.41) is 0. The van der Waals surface area contributed by atoms with Crippen molar-refractivity contribution in [1.82, 2.24) is 4.90 Å². The van der Waals surface area contributed by atoms with Crippen LogP contribution < -0.4 is 4.31 Å². The van der Waals surface area contributed by atoms with Gasteiger partial charge in [0.2, 0.25) is 0 Å². The third-order valence-electron chi connectivity index (χ3n) is 5.52. The van der Waals surface area contributed by atoms with E-state index in [9.17, 15) is 13.2 Å². The number of rotatable bonds is 5. The number of carbonyl (C=O) groups is 1. The summed E-state index contributed by atoms with van der Waals surface area (Å²) in [7, 11) is -2.11. The molecule has 1 aliphatic heterocycles. The molecule has 0 radical (unpaired) electrons. The molecular formula is C22H28N2O3S. The summed E-state index contributed by atoms with van der Waals surface area (Å²) < 4.78 is 26.9. The molecule has 0 spiro atoms. The van der Waals surface area contributed by atoms with E-state index in [-0.39, 0.29) is 10.8 Å². The van der Waals surface area contributed by atoms with Crippen LogP contribution in [0, 0.1) is 6.92 Å². The van der Waals surface area contributed by atoms with Gasteiger partial charge in [0.25, 0.3) is 15.9 Å². The Kier molecular flexibility index (Phi) is 6.08. The van der Waals surface area contributed by atoms with E-state index in [1.54, 1.807) is 48.5 Å². The number of carbonyl (C=O) groups excluding carboxylic acids is 1. The summed E-state index contributed by atoms with van der Waals surface area (Å²) in [5.74, 6) is 0.0298. The zero-order valence-electron chi connectivity index (χ0n) is 16.8. The molecule has 6 heteroatoms. The largest absolute Gasteiger partial charge is 0.336 e. The van der Waals surface area contributed by atoms with Crippen LogP contribution in [0.15, 0.2) is 53.4 Å². The van der Waals surface area contributed by atoms with Gasteiger partial charge in [-0.1, -0.05) is 24.6 Å². The molecule has 3 rings (SSSR count). The Morgan fingerprint density at radius 3 is 2.32 bits per heavy atom. The highest BCUT2D eigenvalue weighted by Gasteiger charge is 2.26. The number of hydrogen-bond donors (Lipinski definition) is 0. The first kappa shape index (κ1) is 20.4. The third kappa shape index (κ3) is 4.07. The minimum absolute atomic E-state index is 0.0298. The molecular weight excluding hydrogens is 372 g/mol. The number of sulfonamides is 1. The second-order valence-electron chi connectivity index (χ2n) is 7.39. The summed E-state index contributed by atoms with van der Waals surface area (Å²) in [6.45, 7) is 4.83. The molecule has 0 bridgehead atoms. The van der Waals surface area contributed by atoms with E-state index in [1.165, 1.54) is 17.8 Å². The van der Waals surface area contributed by atoms with Crippen LogP contribution in [-0.4, -0.2) is 38.9 Å². The lowest BCUT2D eigenvalue weighted by atomic mass is 9.99. The van der Waals surface area contributed by atoms with Crippen molar-refractivity contribution < 1.29 is 13.2 Å². The molecule has 1 unspecified atom stereocenters. The van der Waals surface area contributed by atoms with Crippen LogP contribution in [0.5, 0.6) is 0 Å². The van der Waals surface area contributed by atoms with Crippen LogP contribution >= 0.6 is 0 Å². The van der Waals surface area contributed by atoms with Gasteiger partial charge in [0.1, 0.15) is 0 Å². The van der Waals surface area contributed by atoms with Gasteiger partial charge in [-0.25, -0.2) is 8.42 Å². The van der Waals surface area contributed by atoms with Gasteiger partial charge < -0.3 is 4.90 Å². The summed E-state index contributed by atoms with van der Waals surface area (Å²) in [4.78, 5) is 15.1. The van der Waals surface area contributed by atoms with Gasteiger partial charge in [-0.05, 0) is 69.0 Å². The Morgan fingerprint density at radius 1 is 1.07 bits per heavy atom. The predicted molar refractivity (Wildman–Crippen MR) is 112 cm³/mol. The topological polar surface area (TPSA) is 57.7 Å². The zero-order valence-corrected chi connectivity index (χ0v) is 17.6. The summed E-state index contributed by atoms with van der Waals surface area (Å²) >= 11 is 0. The SMILES string of the molecule is CCC1CCCCN1C(=O)c1ccc(N(C)S(=O)(=O)c2ccc(C)cc2)cc1. The molecule has 1 fully saturated rings. The Morgan fingerprint density at radius 2 is 1.71 bits per heavy atom. The van der Waals surface area contributed by atoms with E-state index in [1.807, 2.05) is 11.8 Å². The van der Waals surface area contributed by atoms with Crippen LogP contribution in [-0.2, 0) is 10.0 Å². The maximum absolute atomic E-state index is 12.9. The second kappa shape index (κ2) is 8.35. The van der Waals surface area contributed by atoms with Crippen molar-refractivity contribution in [3.63, 3.8) is 0 Å². The van der Waals surface area contributed by atoms with Gasteiger partial charge in [0.15, 0.2) is 0 Å². The number of aryl methyl sites for hydroxylation is 1. The Labute approximate surface area is 168 Å². The van der Waals surface area contributed by atoms with Gasteiger partial charge in [0, 0.05) is 25.2 Å². The Balaban J connectivity index is 1.80. The van der Waals surface area contributed by atoms with E-state index in [2.05, 4.69) is 6.92 Å². The van der Waals surface area contributed by atoms with Crippen molar-refractivity contribution in [1.29, 1.82) is 0 Å². The number of benzene rings is 2. The molecule has 0 aromatic heterocycles. The maximum Gasteiger partial charge on any atom is 0.264 e. The molecule has 5 nitrogen and oxygen atoms in total. The maximum atomic E-state index is 12.9. The van der Waals surface area contributed by atoms with Crippen LogP contribution in [0.2, 0.25) is 0 Å². The number of likely N-dealkylation sites (tertiary alicyclic amines) is 1. The number of anilines is 1. The second-order valence-corrected chi connectivity index (χ2v) is 9.36. The fraction of sp³-hybridized carbons (Fsp3) is 0.409. The molecule has 0 N–H and O–H groups in total. The number of piperidine rings is 1. The van der Waals surface area contributed by atoms with Crippen LogP contribution in [0.4, 0.5) is 5.69 Å². The van der Waals surface area contributed by atoms with Gasteiger partial charge in [-0.15, -0.1) is 0 Å². The van der Waals surface area contributed by atoms with E-state index in [4.69, 9.17) is 0 Å². The first-order valence-corrected chi connectivity index (χ1v) is 11.2. The van der Waals surface area contributed by atoms with E-state index in [0.717, 1.165) is 31.4 Å². The average Bonchev–Trinajstić information content (AvgIpc) is 2.73. The van der Waals surface area contributed by atoms with Crippen molar-refractivity contribution in [3.05, 3.63) is 59.7 Å². The number of nitrogens with zero attached hydrogens (tertiary/aromatic N) is 2. The first-order valence-electron chi connectivity index (χ1n) is 9.81. The van der Waals surface area contributed by atoms with E-state index in [0.29, 0.717) is 17.3 Å². The number of hydrogen-bond acceptors (Lipinski definition) is 3. The molecule has 0 saturated carbocycles. The van der Waals surface area contributed by atoms with E-state index < -0.39 is 10.0 Å². The summed E-state index contributed by atoms with van der Waals surface area (Å²) in [6.07, 6.45) is 4.22. The van der Waals surface area contributed by atoms with Crippen molar-refractivity contribution in [3.8, 4) is 0 Å². The lowest BCUT2D eigenvalue weighted by molar-refractivity contribution is 0.0608. The highest BCUT2D eigenvalue weighted by molar-refractivity contribution is 7.92. The minimum Gasteiger partial charge on any atom is -0.336 e. The van der Waals surface area contributed by atoms with Crippen LogP contribution in [0.1, 0.15) is 48.5 Å². The normalized spacial score (nSPS) is 17.4. The molecule has 2 aromatic rings. The van der Waals surface area contributed by atoms with Gasteiger partial charge in [-0.3, -0.25) is 9.10 Å². The molecule has 1 amide bonds. The van der Waals surface area contributed by atoms with Crippen molar-refractivity contribution >= 4 is 21.6 Å². The quantitative estimate of drug-likeness (QED) is 0.755. The summed E-state index contributed by atoms with van der Waals surface area (Å²) in [5.41, 5.74) is 2.14. The monoisotopic (exact) mass is 400 g/mol. The lowest BCUT2D eigenvalue weighted by Gasteiger charge is -2.35. The minimum atomic E-state index is -3.64. The molecule has 1 atom stereocenters. The van der Waals surface area contributed by atoms with Crippen molar-refractivity contribution in [2.75, 3.05) is 17.9 Å². The number of amides is 1.